The van der Waals surface area contributed by atoms with E-state index in [0.29, 0.717) is 28.0 Å². The monoisotopic (exact) mass is 352 g/mol. The highest BCUT2D eigenvalue weighted by Crippen LogP contribution is 2.32. The van der Waals surface area contributed by atoms with E-state index in [1.54, 1.807) is 44.4 Å². The molecule has 134 valence electrons. The first-order valence-corrected chi connectivity index (χ1v) is 8.29. The maximum absolute atomic E-state index is 13.0. The third kappa shape index (κ3) is 3.33. The van der Waals surface area contributed by atoms with Crippen molar-refractivity contribution < 1.29 is 18.7 Å². The first-order valence-electron chi connectivity index (χ1n) is 8.29. The number of hydrogen-bond donors (Lipinski definition) is 0. The second-order valence-electron chi connectivity index (χ2n) is 6.19. The normalized spacial score (nSPS) is 12.0. The first kappa shape index (κ1) is 17.7. The van der Waals surface area contributed by atoms with Gasteiger partial charge in [0.25, 0.3) is 0 Å². The maximum Gasteiger partial charge on any atom is 0.235 e. The predicted octanol–water partition coefficient (Wildman–Crippen LogP) is 4.13. The average Bonchev–Trinajstić information content (AvgIpc) is 2.63. The van der Waals surface area contributed by atoms with Crippen LogP contribution in [0.4, 0.5) is 0 Å². The van der Waals surface area contributed by atoms with Crippen LogP contribution in [0.1, 0.15) is 19.4 Å². The molecular weight excluding hydrogens is 332 g/mol. The molecule has 0 radical (unpaired) electrons. The molecule has 26 heavy (non-hydrogen) atoms. The summed E-state index contributed by atoms with van der Waals surface area (Å²) in [5, 5.41) is 0.415. The van der Waals surface area contributed by atoms with Crippen LogP contribution in [-0.4, -0.2) is 19.0 Å². The van der Waals surface area contributed by atoms with Gasteiger partial charge in [-0.05, 0) is 62.7 Å². The largest absolute Gasteiger partial charge is 0.497 e. The summed E-state index contributed by atoms with van der Waals surface area (Å²) in [6.07, 6.45) is -0.752. The summed E-state index contributed by atoms with van der Waals surface area (Å²) in [5.41, 5.74) is 1.82. The van der Waals surface area contributed by atoms with Crippen LogP contribution in [0.2, 0.25) is 0 Å². The van der Waals surface area contributed by atoms with E-state index in [1.807, 2.05) is 19.1 Å². The predicted molar refractivity (Wildman–Crippen MR) is 100.0 cm³/mol. The summed E-state index contributed by atoms with van der Waals surface area (Å²) in [6.45, 7) is 4.96. The van der Waals surface area contributed by atoms with Gasteiger partial charge in [0, 0.05) is 5.56 Å². The summed E-state index contributed by atoms with van der Waals surface area (Å²) in [7, 11) is 1.58. The highest BCUT2D eigenvalue weighted by molar-refractivity contribution is 5.84. The minimum atomic E-state index is -0.752. The molecule has 0 saturated heterocycles. The SMILES string of the molecule is COc1ccc(-c2oc3cc(C)ccc3c(=O)c2OC(C)C(C)=O)cc1. The van der Waals surface area contributed by atoms with Crippen molar-refractivity contribution in [2.45, 2.75) is 26.9 Å². The minimum absolute atomic E-state index is 0.0363. The van der Waals surface area contributed by atoms with E-state index in [9.17, 15) is 9.59 Å². The summed E-state index contributed by atoms with van der Waals surface area (Å²) in [6, 6.07) is 12.5. The van der Waals surface area contributed by atoms with E-state index < -0.39 is 6.10 Å². The fourth-order valence-corrected chi connectivity index (χ4v) is 2.58. The van der Waals surface area contributed by atoms with E-state index in [1.165, 1.54) is 6.92 Å². The van der Waals surface area contributed by atoms with Gasteiger partial charge >= 0.3 is 0 Å². The molecule has 0 amide bonds. The summed E-state index contributed by atoms with van der Waals surface area (Å²) >= 11 is 0. The number of aryl methyl sites for hydroxylation is 1. The summed E-state index contributed by atoms with van der Waals surface area (Å²) < 4.78 is 16.9. The number of methoxy groups -OCH3 is 1. The van der Waals surface area contributed by atoms with E-state index in [2.05, 4.69) is 0 Å². The number of fused-ring (bicyclic) bond motifs is 1. The Kier molecular flexibility index (Phi) is 4.80. The van der Waals surface area contributed by atoms with Gasteiger partial charge in [-0.2, -0.15) is 0 Å². The summed E-state index contributed by atoms with van der Waals surface area (Å²) in [5.74, 6) is 0.847. The van der Waals surface area contributed by atoms with Gasteiger partial charge in [-0.15, -0.1) is 0 Å². The molecule has 0 bridgehead atoms. The fraction of sp³-hybridized carbons (Fsp3) is 0.238. The molecule has 1 unspecified atom stereocenters. The van der Waals surface area contributed by atoms with E-state index >= 15 is 0 Å². The van der Waals surface area contributed by atoms with Crippen LogP contribution >= 0.6 is 0 Å². The van der Waals surface area contributed by atoms with Crippen molar-refractivity contribution in [1.29, 1.82) is 0 Å². The number of Topliss-reactive ketones (excluding diaryl/α,β-unsaturated/α-hetero) is 1. The number of carbonyl (C=O) groups excluding carboxylic acids is 1. The van der Waals surface area contributed by atoms with Gasteiger partial charge in [-0.3, -0.25) is 9.59 Å². The Morgan fingerprint density at radius 3 is 2.42 bits per heavy atom. The van der Waals surface area contributed by atoms with Crippen LogP contribution in [-0.2, 0) is 4.79 Å². The second-order valence-corrected chi connectivity index (χ2v) is 6.19. The lowest BCUT2D eigenvalue weighted by atomic mass is 10.1. The van der Waals surface area contributed by atoms with Crippen molar-refractivity contribution >= 4 is 16.8 Å². The minimum Gasteiger partial charge on any atom is -0.497 e. The zero-order valence-corrected chi connectivity index (χ0v) is 15.2. The zero-order valence-electron chi connectivity index (χ0n) is 15.2. The molecule has 0 spiro atoms. The third-order valence-electron chi connectivity index (χ3n) is 4.23. The Hall–Kier alpha value is -3.08. The molecule has 0 aliphatic rings. The molecule has 1 atom stereocenters. The van der Waals surface area contributed by atoms with Gasteiger partial charge in [0.15, 0.2) is 17.6 Å². The maximum atomic E-state index is 13.0. The molecule has 0 N–H and O–H groups in total. The number of rotatable bonds is 5. The molecule has 2 aromatic carbocycles. The van der Waals surface area contributed by atoms with Crippen molar-refractivity contribution in [3.8, 4) is 22.8 Å². The highest BCUT2D eigenvalue weighted by atomic mass is 16.5. The molecule has 0 aliphatic carbocycles. The second kappa shape index (κ2) is 7.04. The van der Waals surface area contributed by atoms with Gasteiger partial charge in [-0.25, -0.2) is 0 Å². The number of ketones is 1. The van der Waals surface area contributed by atoms with Gasteiger partial charge in [0.1, 0.15) is 11.3 Å². The van der Waals surface area contributed by atoms with Crippen molar-refractivity contribution in [3.63, 3.8) is 0 Å². The molecule has 3 aromatic rings. The molecule has 3 rings (SSSR count). The quantitative estimate of drug-likeness (QED) is 0.691. The Bertz CT molecular complexity index is 1010. The lowest BCUT2D eigenvalue weighted by molar-refractivity contribution is -0.122. The van der Waals surface area contributed by atoms with Crippen molar-refractivity contribution in [2.75, 3.05) is 7.11 Å². The van der Waals surface area contributed by atoms with E-state index in [-0.39, 0.29) is 17.0 Å². The standard InChI is InChI=1S/C21H20O5/c1-12-5-10-17-18(11-12)26-20(15-6-8-16(24-4)9-7-15)21(19(17)23)25-14(3)13(2)22/h5-11,14H,1-4H3. The Morgan fingerprint density at radius 2 is 1.81 bits per heavy atom. The number of hydrogen-bond acceptors (Lipinski definition) is 5. The van der Waals surface area contributed by atoms with Gasteiger partial charge < -0.3 is 13.9 Å². The molecule has 1 aromatic heterocycles. The molecule has 5 heteroatoms. The average molecular weight is 352 g/mol. The Balaban J connectivity index is 2.25. The third-order valence-corrected chi connectivity index (χ3v) is 4.23. The number of benzene rings is 2. The van der Waals surface area contributed by atoms with Crippen molar-refractivity contribution in [1.82, 2.24) is 0 Å². The number of carbonyl (C=O) groups is 1. The van der Waals surface area contributed by atoms with Crippen LogP contribution in [0, 0.1) is 6.92 Å². The first-order chi connectivity index (χ1) is 12.4. The van der Waals surface area contributed by atoms with Crippen LogP contribution < -0.4 is 14.9 Å². The summed E-state index contributed by atoms with van der Waals surface area (Å²) in [4.78, 5) is 24.6. The smallest absolute Gasteiger partial charge is 0.235 e. The lowest BCUT2D eigenvalue weighted by Crippen LogP contribution is -2.24. The molecular formula is C21H20O5. The van der Waals surface area contributed by atoms with Crippen molar-refractivity contribution in [2.24, 2.45) is 0 Å². The highest BCUT2D eigenvalue weighted by Gasteiger charge is 2.21. The van der Waals surface area contributed by atoms with Crippen LogP contribution in [0.3, 0.4) is 0 Å². The fourth-order valence-electron chi connectivity index (χ4n) is 2.58. The van der Waals surface area contributed by atoms with Crippen LogP contribution in [0.5, 0.6) is 11.5 Å². The van der Waals surface area contributed by atoms with Gasteiger partial charge in [0.05, 0.1) is 12.5 Å². The van der Waals surface area contributed by atoms with Crippen molar-refractivity contribution in [3.05, 3.63) is 58.3 Å². The number of ether oxygens (including phenoxy) is 2. The molecule has 0 fully saturated rings. The van der Waals surface area contributed by atoms with E-state index in [0.717, 1.165) is 5.56 Å². The molecule has 5 nitrogen and oxygen atoms in total. The molecule has 1 heterocycles. The van der Waals surface area contributed by atoms with Gasteiger partial charge in [0.2, 0.25) is 11.2 Å². The van der Waals surface area contributed by atoms with Crippen LogP contribution in [0.25, 0.3) is 22.3 Å². The molecule has 0 aliphatic heterocycles. The zero-order chi connectivity index (χ0) is 18.8. The Morgan fingerprint density at radius 1 is 1.12 bits per heavy atom. The van der Waals surface area contributed by atoms with Crippen LogP contribution in [0.15, 0.2) is 51.7 Å². The lowest BCUT2D eigenvalue weighted by Gasteiger charge is -2.15. The molecule has 0 saturated carbocycles. The topological polar surface area (TPSA) is 65.7 Å². The van der Waals surface area contributed by atoms with E-state index in [4.69, 9.17) is 13.9 Å². The Labute approximate surface area is 151 Å². The van der Waals surface area contributed by atoms with Gasteiger partial charge in [-0.1, -0.05) is 6.07 Å².